The van der Waals surface area contributed by atoms with Crippen LogP contribution in [0.1, 0.15) is 24.1 Å². The van der Waals surface area contributed by atoms with Gasteiger partial charge in [0.15, 0.2) is 8.68 Å². The van der Waals surface area contributed by atoms with Crippen molar-refractivity contribution >= 4 is 34.9 Å². The van der Waals surface area contributed by atoms with E-state index in [0.717, 1.165) is 19.1 Å². The van der Waals surface area contributed by atoms with Crippen molar-refractivity contribution in [3.63, 3.8) is 0 Å². The average Bonchev–Trinajstić information content (AvgIpc) is 2.81. The van der Waals surface area contributed by atoms with Crippen LogP contribution in [0.3, 0.4) is 0 Å². The van der Waals surface area contributed by atoms with Gasteiger partial charge in [0.25, 0.3) is 0 Å². The third-order valence-corrected chi connectivity index (χ3v) is 5.56. The maximum atomic E-state index is 13.6. The van der Waals surface area contributed by atoms with Crippen LogP contribution < -0.4 is 5.73 Å². The second-order valence-electron chi connectivity index (χ2n) is 4.07. The van der Waals surface area contributed by atoms with Crippen LogP contribution in [0.15, 0.2) is 25.7 Å². The number of hydrogen-bond donors (Lipinski definition) is 1. The highest BCUT2D eigenvalue weighted by Gasteiger charge is 2.14. The minimum Gasteiger partial charge on any atom is -0.324 e. The molecule has 0 aliphatic rings. The molecule has 0 amide bonds. The first-order chi connectivity index (χ1) is 9.01. The fourth-order valence-corrected chi connectivity index (χ4v) is 4.23. The molecule has 1 aromatic carbocycles. The molecule has 1 heterocycles. The van der Waals surface area contributed by atoms with Crippen LogP contribution in [0.2, 0.25) is 0 Å². The van der Waals surface area contributed by atoms with E-state index in [9.17, 15) is 4.39 Å². The molecule has 0 aliphatic heterocycles. The van der Waals surface area contributed by atoms with Crippen LogP contribution in [-0.4, -0.2) is 16.5 Å². The normalized spacial score (nSPS) is 12.7. The van der Waals surface area contributed by atoms with Gasteiger partial charge >= 0.3 is 0 Å². The number of benzene rings is 1. The summed E-state index contributed by atoms with van der Waals surface area (Å²) in [7, 11) is 0. The summed E-state index contributed by atoms with van der Waals surface area (Å²) in [6.07, 6.45) is 1.96. The van der Waals surface area contributed by atoms with Crippen molar-refractivity contribution in [2.45, 2.75) is 33.5 Å². The molecule has 102 valence electrons. The van der Waals surface area contributed by atoms with Crippen molar-refractivity contribution < 1.29 is 4.39 Å². The third kappa shape index (κ3) is 3.47. The Balaban J connectivity index is 2.35. The van der Waals surface area contributed by atoms with Gasteiger partial charge in [-0.05, 0) is 43.4 Å². The van der Waals surface area contributed by atoms with Crippen molar-refractivity contribution in [2.24, 2.45) is 5.73 Å². The molecule has 7 heteroatoms. The number of hydrogen-bond acceptors (Lipinski definition) is 6. The van der Waals surface area contributed by atoms with E-state index in [0.29, 0.717) is 5.56 Å². The maximum absolute atomic E-state index is 13.6. The maximum Gasteiger partial charge on any atom is 0.179 e. The van der Waals surface area contributed by atoms with Gasteiger partial charge < -0.3 is 5.73 Å². The Bertz CT molecular complexity index is 584. The van der Waals surface area contributed by atoms with Crippen molar-refractivity contribution in [3.05, 3.63) is 29.1 Å². The minimum absolute atomic E-state index is 0.217. The van der Waals surface area contributed by atoms with Crippen molar-refractivity contribution in [1.82, 2.24) is 10.2 Å². The molecule has 0 saturated carbocycles. The topological polar surface area (TPSA) is 51.8 Å². The van der Waals surface area contributed by atoms with E-state index >= 15 is 0 Å². The van der Waals surface area contributed by atoms with E-state index < -0.39 is 0 Å². The quantitative estimate of drug-likeness (QED) is 0.868. The van der Waals surface area contributed by atoms with E-state index in [1.165, 1.54) is 29.2 Å². The van der Waals surface area contributed by atoms with E-state index in [2.05, 4.69) is 10.2 Å². The zero-order chi connectivity index (χ0) is 14.0. The molecule has 0 unspecified atom stereocenters. The number of aryl methyl sites for hydroxylation is 1. The number of nitrogens with two attached hydrogens (primary N) is 1. The van der Waals surface area contributed by atoms with Crippen LogP contribution >= 0.6 is 34.9 Å². The van der Waals surface area contributed by atoms with Gasteiger partial charge in [-0.2, -0.15) is 0 Å². The molecule has 0 radical (unpaired) electrons. The van der Waals surface area contributed by atoms with Crippen LogP contribution in [0.25, 0.3) is 0 Å². The van der Waals surface area contributed by atoms with Gasteiger partial charge in [-0.25, -0.2) is 4.39 Å². The summed E-state index contributed by atoms with van der Waals surface area (Å²) in [6.45, 7) is 3.60. The molecule has 2 N–H and O–H groups in total. The highest BCUT2D eigenvalue weighted by Crippen LogP contribution is 2.37. The summed E-state index contributed by atoms with van der Waals surface area (Å²) in [4.78, 5) is 0.942. The Morgan fingerprint density at radius 2 is 2.00 bits per heavy atom. The van der Waals surface area contributed by atoms with E-state index in [1.54, 1.807) is 18.7 Å². The first-order valence-corrected chi connectivity index (χ1v) is 8.48. The lowest BCUT2D eigenvalue weighted by Gasteiger charge is -2.12. The molecule has 2 rings (SSSR count). The number of thioether (sulfide) groups is 1. The van der Waals surface area contributed by atoms with Crippen molar-refractivity contribution in [3.8, 4) is 0 Å². The fraction of sp³-hybridized carbons (Fsp3) is 0.333. The molecule has 1 aromatic heterocycles. The molecule has 0 fully saturated rings. The molecule has 2 aromatic rings. The first-order valence-electron chi connectivity index (χ1n) is 5.62. The Morgan fingerprint density at radius 1 is 1.32 bits per heavy atom. The van der Waals surface area contributed by atoms with Crippen molar-refractivity contribution in [1.29, 1.82) is 0 Å². The molecule has 1 atom stereocenters. The summed E-state index contributed by atoms with van der Waals surface area (Å²) in [5.74, 6) is -0.223. The second-order valence-corrected chi connectivity index (χ2v) is 7.39. The van der Waals surface area contributed by atoms with Gasteiger partial charge in [-0.15, -0.1) is 10.2 Å². The number of aromatic nitrogens is 2. The van der Waals surface area contributed by atoms with E-state index in [-0.39, 0.29) is 11.9 Å². The summed E-state index contributed by atoms with van der Waals surface area (Å²) >= 11 is 4.58. The van der Waals surface area contributed by atoms with Crippen LogP contribution in [0.4, 0.5) is 4.39 Å². The lowest BCUT2D eigenvalue weighted by molar-refractivity contribution is 0.610. The van der Waals surface area contributed by atoms with Gasteiger partial charge in [-0.3, -0.25) is 0 Å². The minimum atomic E-state index is -0.223. The van der Waals surface area contributed by atoms with Crippen LogP contribution in [0, 0.1) is 12.7 Å². The molecule has 19 heavy (non-hydrogen) atoms. The molecule has 0 bridgehead atoms. The summed E-state index contributed by atoms with van der Waals surface area (Å²) in [6, 6.07) is 3.11. The Hall–Kier alpha value is -0.630. The largest absolute Gasteiger partial charge is 0.324 e. The van der Waals surface area contributed by atoms with Gasteiger partial charge in [0.2, 0.25) is 0 Å². The van der Waals surface area contributed by atoms with E-state index in [1.807, 2.05) is 19.2 Å². The Kier molecular flexibility index (Phi) is 4.83. The second kappa shape index (κ2) is 6.21. The molecular weight excluding hydrogens is 301 g/mol. The monoisotopic (exact) mass is 315 g/mol. The summed E-state index contributed by atoms with van der Waals surface area (Å²) in [5.41, 5.74) is 7.31. The number of nitrogens with zero attached hydrogens (tertiary/aromatic N) is 2. The zero-order valence-corrected chi connectivity index (χ0v) is 13.3. The van der Waals surface area contributed by atoms with Crippen molar-refractivity contribution in [2.75, 3.05) is 6.26 Å². The first kappa shape index (κ1) is 14.8. The smallest absolute Gasteiger partial charge is 0.179 e. The molecule has 0 saturated heterocycles. The lowest BCUT2D eigenvalue weighted by atomic mass is 10.1. The average molecular weight is 315 g/mol. The fourth-order valence-electron chi connectivity index (χ4n) is 1.53. The number of halogens is 1. The summed E-state index contributed by atoms with van der Waals surface area (Å²) < 4.78 is 15.4. The van der Waals surface area contributed by atoms with Crippen LogP contribution in [0.5, 0.6) is 0 Å². The number of rotatable bonds is 4. The predicted molar refractivity (Wildman–Crippen MR) is 79.6 cm³/mol. The lowest BCUT2D eigenvalue weighted by Crippen LogP contribution is -2.07. The highest BCUT2D eigenvalue weighted by molar-refractivity contribution is 8.03. The highest BCUT2D eigenvalue weighted by atomic mass is 32.2. The molecule has 0 aliphatic carbocycles. The Morgan fingerprint density at radius 3 is 2.58 bits per heavy atom. The van der Waals surface area contributed by atoms with Gasteiger partial charge in [0.05, 0.1) is 0 Å². The standard InChI is InChI=1S/C12H14FN3S3/c1-6-4-10(8(7(2)14)5-9(6)13)18-12-16-15-11(17-3)19-12/h4-5,7H,14H2,1-3H3/t7-/m0/s1. The third-order valence-electron chi connectivity index (χ3n) is 2.54. The molecular formula is C12H14FN3S3. The Labute approximate surface area is 124 Å². The van der Waals surface area contributed by atoms with Gasteiger partial charge in [0, 0.05) is 10.9 Å². The predicted octanol–water partition coefficient (Wildman–Crippen LogP) is 3.88. The van der Waals surface area contributed by atoms with Gasteiger partial charge in [-0.1, -0.05) is 34.9 Å². The van der Waals surface area contributed by atoms with E-state index in [4.69, 9.17) is 5.73 Å². The van der Waals surface area contributed by atoms with Crippen LogP contribution in [-0.2, 0) is 0 Å². The zero-order valence-electron chi connectivity index (χ0n) is 10.8. The molecule has 3 nitrogen and oxygen atoms in total. The summed E-state index contributed by atoms with van der Waals surface area (Å²) in [5, 5.41) is 8.16. The SMILES string of the molecule is CSc1nnc(Sc2cc(C)c(F)cc2[C@H](C)N)s1. The molecule has 0 spiro atoms. The van der Waals surface area contributed by atoms with Gasteiger partial charge in [0.1, 0.15) is 5.82 Å².